The molecule has 5 heteroatoms. The summed E-state index contributed by atoms with van der Waals surface area (Å²) in [4.78, 5) is 26.9. The summed E-state index contributed by atoms with van der Waals surface area (Å²) >= 11 is 0. The maximum Gasteiger partial charge on any atom is 0.243 e. The quantitative estimate of drug-likeness (QED) is 0.583. The van der Waals surface area contributed by atoms with Crippen molar-refractivity contribution in [2.45, 2.75) is 19.9 Å². The van der Waals surface area contributed by atoms with E-state index in [2.05, 4.69) is 34.9 Å². The molecule has 0 unspecified atom stereocenters. The van der Waals surface area contributed by atoms with E-state index in [4.69, 9.17) is 0 Å². The SMILES string of the molecule is Cc1cccc(C)c1NC(=O)CNC(=O)CN(C)C(c1ccccc1)c1ccccc1. The second kappa shape index (κ2) is 10.5. The first-order valence-corrected chi connectivity index (χ1v) is 10.4. The number of hydrogen-bond acceptors (Lipinski definition) is 3. The molecule has 0 atom stereocenters. The molecule has 0 radical (unpaired) electrons. The number of benzene rings is 3. The summed E-state index contributed by atoms with van der Waals surface area (Å²) < 4.78 is 0. The van der Waals surface area contributed by atoms with E-state index >= 15 is 0 Å². The van der Waals surface area contributed by atoms with Gasteiger partial charge in [0.25, 0.3) is 0 Å². The predicted octanol–water partition coefficient (Wildman–Crippen LogP) is 4.08. The van der Waals surface area contributed by atoms with Gasteiger partial charge in [-0.2, -0.15) is 0 Å². The average Bonchev–Trinajstić information content (AvgIpc) is 2.77. The van der Waals surface area contributed by atoms with Gasteiger partial charge < -0.3 is 10.6 Å². The number of carbonyl (C=O) groups is 2. The van der Waals surface area contributed by atoms with Crippen molar-refractivity contribution >= 4 is 17.5 Å². The van der Waals surface area contributed by atoms with Crippen molar-refractivity contribution in [1.29, 1.82) is 0 Å². The molecule has 0 saturated heterocycles. The zero-order chi connectivity index (χ0) is 22.2. The minimum Gasteiger partial charge on any atom is -0.346 e. The van der Waals surface area contributed by atoms with Crippen LogP contribution in [0, 0.1) is 13.8 Å². The number of nitrogens with zero attached hydrogens (tertiary/aromatic N) is 1. The van der Waals surface area contributed by atoms with Crippen LogP contribution >= 0.6 is 0 Å². The summed E-state index contributed by atoms with van der Waals surface area (Å²) in [5, 5.41) is 5.63. The van der Waals surface area contributed by atoms with Gasteiger partial charge in [0.05, 0.1) is 19.1 Å². The predicted molar refractivity (Wildman–Crippen MR) is 125 cm³/mol. The van der Waals surface area contributed by atoms with E-state index in [9.17, 15) is 9.59 Å². The van der Waals surface area contributed by atoms with E-state index in [1.807, 2.05) is 80.4 Å². The van der Waals surface area contributed by atoms with E-state index in [1.54, 1.807) is 0 Å². The molecule has 0 aliphatic carbocycles. The molecule has 0 aliphatic heterocycles. The molecule has 2 amide bonds. The number of para-hydroxylation sites is 1. The Kier molecular flexibility index (Phi) is 7.57. The monoisotopic (exact) mass is 415 g/mol. The van der Waals surface area contributed by atoms with E-state index in [1.165, 1.54) is 0 Å². The Balaban J connectivity index is 1.61. The first kappa shape index (κ1) is 22.2. The Morgan fingerprint density at radius 3 is 1.81 bits per heavy atom. The molecule has 0 saturated carbocycles. The zero-order valence-corrected chi connectivity index (χ0v) is 18.3. The third-order valence-electron chi connectivity index (χ3n) is 5.26. The molecular weight excluding hydrogens is 386 g/mol. The smallest absolute Gasteiger partial charge is 0.243 e. The van der Waals surface area contributed by atoms with Crippen LogP contribution in [-0.4, -0.2) is 36.9 Å². The minimum atomic E-state index is -0.240. The highest BCUT2D eigenvalue weighted by Gasteiger charge is 2.21. The van der Waals surface area contributed by atoms with Crippen molar-refractivity contribution in [3.05, 3.63) is 101 Å². The number of aryl methyl sites for hydroxylation is 2. The summed E-state index contributed by atoms with van der Waals surface area (Å²) in [6.07, 6.45) is 0. The molecule has 5 nitrogen and oxygen atoms in total. The molecular formula is C26H29N3O2. The van der Waals surface area contributed by atoms with Crippen molar-refractivity contribution in [3.63, 3.8) is 0 Å². The van der Waals surface area contributed by atoms with Gasteiger partial charge in [0, 0.05) is 5.69 Å². The van der Waals surface area contributed by atoms with Gasteiger partial charge in [-0.05, 0) is 43.1 Å². The number of amides is 2. The van der Waals surface area contributed by atoms with Crippen molar-refractivity contribution < 1.29 is 9.59 Å². The van der Waals surface area contributed by atoms with Gasteiger partial charge >= 0.3 is 0 Å². The first-order chi connectivity index (χ1) is 15.0. The molecule has 3 aromatic carbocycles. The molecule has 0 spiro atoms. The molecule has 0 aromatic heterocycles. The lowest BCUT2D eigenvalue weighted by Crippen LogP contribution is -2.40. The van der Waals surface area contributed by atoms with Crippen molar-refractivity contribution in [3.8, 4) is 0 Å². The fourth-order valence-electron chi connectivity index (χ4n) is 3.72. The summed E-state index contributed by atoms with van der Waals surface area (Å²) in [6.45, 7) is 4.00. The Labute approximate surface area is 184 Å². The van der Waals surface area contributed by atoms with Crippen LogP contribution in [0.5, 0.6) is 0 Å². The van der Waals surface area contributed by atoms with Crippen LogP contribution in [-0.2, 0) is 9.59 Å². The van der Waals surface area contributed by atoms with E-state index in [0.717, 1.165) is 27.9 Å². The molecule has 0 aliphatic rings. The lowest BCUT2D eigenvalue weighted by Gasteiger charge is -2.28. The van der Waals surface area contributed by atoms with E-state index < -0.39 is 0 Å². The number of carbonyl (C=O) groups excluding carboxylic acids is 2. The normalized spacial score (nSPS) is 10.9. The van der Waals surface area contributed by atoms with Gasteiger partial charge in [0.1, 0.15) is 0 Å². The van der Waals surface area contributed by atoms with Crippen LogP contribution < -0.4 is 10.6 Å². The summed E-state index contributed by atoms with van der Waals surface area (Å²) in [5.74, 6) is -0.438. The topological polar surface area (TPSA) is 61.4 Å². The lowest BCUT2D eigenvalue weighted by atomic mass is 9.97. The largest absolute Gasteiger partial charge is 0.346 e. The standard InChI is InChI=1S/C26H29N3O2/c1-19-11-10-12-20(2)25(19)28-23(30)17-27-24(31)18-29(3)26(21-13-6-4-7-14-21)22-15-8-5-9-16-22/h4-16,26H,17-18H2,1-3H3,(H,27,31)(H,28,30). The maximum absolute atomic E-state index is 12.6. The Morgan fingerprint density at radius 1 is 0.774 bits per heavy atom. The maximum atomic E-state index is 12.6. The molecule has 0 fully saturated rings. The number of hydrogen-bond donors (Lipinski definition) is 2. The van der Waals surface area contributed by atoms with E-state index in [-0.39, 0.29) is 30.9 Å². The second-order valence-electron chi connectivity index (χ2n) is 7.73. The van der Waals surface area contributed by atoms with Crippen LogP contribution in [0.4, 0.5) is 5.69 Å². The first-order valence-electron chi connectivity index (χ1n) is 10.4. The number of rotatable bonds is 8. The third kappa shape index (κ3) is 6.03. The number of nitrogens with one attached hydrogen (secondary N) is 2. The van der Waals surface area contributed by atoms with Crippen molar-refractivity contribution in [1.82, 2.24) is 10.2 Å². The van der Waals surface area contributed by atoms with Crippen LogP contribution in [0.3, 0.4) is 0 Å². The third-order valence-corrected chi connectivity index (χ3v) is 5.26. The van der Waals surface area contributed by atoms with Crippen molar-refractivity contribution in [2.24, 2.45) is 0 Å². The van der Waals surface area contributed by atoms with Crippen LogP contribution in [0.1, 0.15) is 28.3 Å². The average molecular weight is 416 g/mol. The molecule has 31 heavy (non-hydrogen) atoms. The summed E-state index contributed by atoms with van der Waals surface area (Å²) in [7, 11) is 1.92. The van der Waals surface area contributed by atoms with Crippen LogP contribution in [0.15, 0.2) is 78.9 Å². The van der Waals surface area contributed by atoms with Crippen LogP contribution in [0.25, 0.3) is 0 Å². The highest BCUT2D eigenvalue weighted by molar-refractivity contribution is 5.95. The fraction of sp³-hybridized carbons (Fsp3) is 0.231. The van der Waals surface area contributed by atoms with Gasteiger partial charge in [0.15, 0.2) is 0 Å². The highest BCUT2D eigenvalue weighted by atomic mass is 16.2. The van der Waals surface area contributed by atoms with E-state index in [0.29, 0.717) is 0 Å². The summed E-state index contributed by atoms with van der Waals surface area (Å²) in [5.41, 5.74) is 5.00. The van der Waals surface area contributed by atoms with Gasteiger partial charge in [-0.15, -0.1) is 0 Å². The van der Waals surface area contributed by atoms with Gasteiger partial charge in [-0.25, -0.2) is 0 Å². The Bertz CT molecular complexity index is 960. The van der Waals surface area contributed by atoms with Crippen LogP contribution in [0.2, 0.25) is 0 Å². The molecule has 160 valence electrons. The van der Waals surface area contributed by atoms with Gasteiger partial charge in [-0.3, -0.25) is 14.5 Å². The molecule has 0 heterocycles. The zero-order valence-electron chi connectivity index (χ0n) is 18.3. The Hall–Kier alpha value is -3.44. The molecule has 3 rings (SSSR count). The van der Waals surface area contributed by atoms with Gasteiger partial charge in [-0.1, -0.05) is 78.9 Å². The highest BCUT2D eigenvalue weighted by Crippen LogP contribution is 2.27. The second-order valence-corrected chi connectivity index (χ2v) is 7.73. The fourth-order valence-corrected chi connectivity index (χ4v) is 3.72. The molecule has 0 bridgehead atoms. The van der Waals surface area contributed by atoms with Crippen molar-refractivity contribution in [2.75, 3.05) is 25.5 Å². The molecule has 2 N–H and O–H groups in total. The number of anilines is 1. The van der Waals surface area contributed by atoms with Gasteiger partial charge in [0.2, 0.25) is 11.8 Å². The molecule has 3 aromatic rings. The number of likely N-dealkylation sites (N-methyl/N-ethyl adjacent to an activating group) is 1. The minimum absolute atomic E-state index is 0.0587. The lowest BCUT2D eigenvalue weighted by molar-refractivity contribution is -0.125. The summed E-state index contributed by atoms with van der Waals surface area (Å²) in [6, 6.07) is 26.0. The Morgan fingerprint density at radius 2 is 1.29 bits per heavy atom.